The van der Waals surface area contributed by atoms with Crippen LogP contribution in [0.4, 0.5) is 0 Å². The number of rotatable bonds is 2. The minimum absolute atomic E-state index is 0. The number of likely N-dealkylation sites (tertiary alicyclic amines) is 1. The Kier molecular flexibility index (Phi) is 7.11. The van der Waals surface area contributed by atoms with Gasteiger partial charge in [-0.05, 0) is 44.0 Å². The van der Waals surface area contributed by atoms with Crippen LogP contribution in [0.5, 0.6) is 0 Å². The van der Waals surface area contributed by atoms with Gasteiger partial charge in [-0.2, -0.15) is 0 Å². The molecule has 2 fully saturated rings. The Morgan fingerprint density at radius 1 is 1.12 bits per heavy atom. The average Bonchev–Trinajstić information content (AvgIpc) is 2.61. The first-order valence-corrected chi connectivity index (χ1v) is 8.99. The molecule has 2 aliphatic rings. The number of piperazine rings is 1. The monoisotopic (exact) mass is 385 g/mol. The van der Waals surface area contributed by atoms with E-state index in [1.165, 1.54) is 0 Å². The molecule has 0 spiro atoms. The third kappa shape index (κ3) is 4.87. The van der Waals surface area contributed by atoms with Crippen molar-refractivity contribution in [2.24, 2.45) is 5.92 Å². The van der Waals surface area contributed by atoms with Gasteiger partial charge in [0.2, 0.25) is 5.91 Å². The molecule has 2 aliphatic heterocycles. The molecular formula is C18H25Cl2N3O2. The van der Waals surface area contributed by atoms with Crippen molar-refractivity contribution in [3.8, 4) is 0 Å². The molecule has 0 bridgehead atoms. The largest absolute Gasteiger partial charge is 0.340 e. The molecule has 1 aromatic carbocycles. The van der Waals surface area contributed by atoms with E-state index in [1.54, 1.807) is 29.2 Å². The zero-order valence-corrected chi connectivity index (χ0v) is 16.0. The Bertz CT molecular complexity index is 609. The number of nitrogens with one attached hydrogen (secondary N) is 1. The van der Waals surface area contributed by atoms with E-state index in [2.05, 4.69) is 12.2 Å². The van der Waals surface area contributed by atoms with E-state index in [0.717, 1.165) is 32.5 Å². The number of benzene rings is 1. The van der Waals surface area contributed by atoms with E-state index in [1.807, 2.05) is 4.90 Å². The zero-order chi connectivity index (χ0) is 17.1. The summed E-state index contributed by atoms with van der Waals surface area (Å²) in [6.45, 7) is 5.66. The second kappa shape index (κ2) is 8.88. The first-order chi connectivity index (χ1) is 11.5. The van der Waals surface area contributed by atoms with Crippen molar-refractivity contribution in [2.75, 3.05) is 32.7 Å². The second-order valence-corrected chi connectivity index (χ2v) is 7.17. The highest BCUT2D eigenvalue weighted by Gasteiger charge is 2.32. The molecule has 0 aromatic heterocycles. The quantitative estimate of drug-likeness (QED) is 0.850. The maximum absolute atomic E-state index is 12.8. The first-order valence-electron chi connectivity index (χ1n) is 8.61. The van der Waals surface area contributed by atoms with Crippen molar-refractivity contribution in [1.29, 1.82) is 0 Å². The lowest BCUT2D eigenvalue weighted by atomic mass is 9.95. The number of carbonyl (C=O) groups is 2. The van der Waals surface area contributed by atoms with Gasteiger partial charge in [0.1, 0.15) is 0 Å². The van der Waals surface area contributed by atoms with Crippen LogP contribution in [-0.2, 0) is 4.79 Å². The molecule has 3 rings (SSSR count). The fraction of sp³-hybridized carbons (Fsp3) is 0.556. The van der Waals surface area contributed by atoms with Crippen molar-refractivity contribution in [1.82, 2.24) is 15.1 Å². The van der Waals surface area contributed by atoms with Crippen LogP contribution in [0.25, 0.3) is 0 Å². The van der Waals surface area contributed by atoms with E-state index in [0.29, 0.717) is 29.7 Å². The van der Waals surface area contributed by atoms with Gasteiger partial charge in [0.05, 0.1) is 5.92 Å². The van der Waals surface area contributed by atoms with Gasteiger partial charge < -0.3 is 15.1 Å². The summed E-state index contributed by atoms with van der Waals surface area (Å²) < 4.78 is 0. The minimum atomic E-state index is -0.0831. The number of hydrogen-bond donors (Lipinski definition) is 1. The Balaban J connectivity index is 0.00000225. The summed E-state index contributed by atoms with van der Waals surface area (Å²) in [5.74, 6) is 0.0927. The summed E-state index contributed by atoms with van der Waals surface area (Å²) in [7, 11) is 0. The predicted octanol–water partition coefficient (Wildman–Crippen LogP) is 2.43. The number of carbonyl (C=O) groups excluding carboxylic acids is 2. The molecule has 2 saturated heterocycles. The average molecular weight is 386 g/mol. The summed E-state index contributed by atoms with van der Waals surface area (Å²) in [6, 6.07) is 7.27. The third-order valence-electron chi connectivity index (χ3n) is 4.83. The smallest absolute Gasteiger partial charge is 0.253 e. The fourth-order valence-corrected chi connectivity index (χ4v) is 3.65. The van der Waals surface area contributed by atoms with Crippen molar-refractivity contribution in [3.05, 3.63) is 34.9 Å². The zero-order valence-electron chi connectivity index (χ0n) is 14.4. The molecule has 2 atom stereocenters. The van der Waals surface area contributed by atoms with E-state index in [9.17, 15) is 9.59 Å². The lowest BCUT2D eigenvalue weighted by Crippen LogP contribution is -2.54. The molecule has 138 valence electrons. The Morgan fingerprint density at radius 2 is 1.84 bits per heavy atom. The van der Waals surface area contributed by atoms with Crippen LogP contribution in [-0.4, -0.2) is 60.4 Å². The van der Waals surface area contributed by atoms with Crippen molar-refractivity contribution < 1.29 is 9.59 Å². The van der Waals surface area contributed by atoms with Crippen LogP contribution in [0.15, 0.2) is 24.3 Å². The maximum Gasteiger partial charge on any atom is 0.253 e. The Hall–Kier alpha value is -1.30. The predicted molar refractivity (Wildman–Crippen MR) is 101 cm³/mol. The lowest BCUT2D eigenvalue weighted by molar-refractivity contribution is -0.138. The fourth-order valence-electron chi connectivity index (χ4n) is 3.53. The van der Waals surface area contributed by atoms with Crippen LogP contribution in [0.2, 0.25) is 5.02 Å². The Morgan fingerprint density at radius 3 is 2.52 bits per heavy atom. The summed E-state index contributed by atoms with van der Waals surface area (Å²) in [4.78, 5) is 29.2. The van der Waals surface area contributed by atoms with Crippen LogP contribution >= 0.6 is 24.0 Å². The molecule has 2 amide bonds. The van der Waals surface area contributed by atoms with Gasteiger partial charge in [0.15, 0.2) is 0 Å². The molecule has 5 nitrogen and oxygen atoms in total. The van der Waals surface area contributed by atoms with Gasteiger partial charge in [-0.15, -0.1) is 12.4 Å². The molecule has 0 aliphatic carbocycles. The highest BCUT2D eigenvalue weighted by molar-refractivity contribution is 6.30. The van der Waals surface area contributed by atoms with Crippen molar-refractivity contribution >= 4 is 35.8 Å². The van der Waals surface area contributed by atoms with E-state index >= 15 is 0 Å². The van der Waals surface area contributed by atoms with Crippen LogP contribution < -0.4 is 5.32 Å². The molecule has 0 saturated carbocycles. The summed E-state index contributed by atoms with van der Waals surface area (Å²) in [5.41, 5.74) is 0.628. The first kappa shape index (κ1) is 20.0. The highest BCUT2D eigenvalue weighted by atomic mass is 35.5. The van der Waals surface area contributed by atoms with Crippen LogP contribution in [0, 0.1) is 5.92 Å². The number of hydrogen-bond acceptors (Lipinski definition) is 3. The topological polar surface area (TPSA) is 52.7 Å². The SMILES string of the molecule is CC1CN(C(=O)C2CCCN(C(=O)c3ccc(Cl)cc3)C2)CCN1.Cl. The number of piperidine rings is 1. The number of halogens is 2. The summed E-state index contributed by atoms with van der Waals surface area (Å²) >= 11 is 5.88. The Labute approximate surface area is 160 Å². The highest BCUT2D eigenvalue weighted by Crippen LogP contribution is 2.22. The van der Waals surface area contributed by atoms with E-state index in [4.69, 9.17) is 11.6 Å². The minimum Gasteiger partial charge on any atom is -0.340 e. The van der Waals surface area contributed by atoms with Crippen LogP contribution in [0.3, 0.4) is 0 Å². The molecule has 7 heteroatoms. The summed E-state index contributed by atoms with van der Waals surface area (Å²) in [5, 5.41) is 3.97. The molecule has 1 aromatic rings. The normalized spacial score (nSPS) is 23.8. The van der Waals surface area contributed by atoms with Gasteiger partial charge >= 0.3 is 0 Å². The van der Waals surface area contributed by atoms with E-state index < -0.39 is 0 Å². The molecule has 2 unspecified atom stereocenters. The number of nitrogens with zero attached hydrogens (tertiary/aromatic N) is 2. The van der Waals surface area contributed by atoms with Crippen LogP contribution in [0.1, 0.15) is 30.1 Å². The molecule has 25 heavy (non-hydrogen) atoms. The molecule has 1 N–H and O–H groups in total. The van der Waals surface area contributed by atoms with Gasteiger partial charge in [-0.25, -0.2) is 0 Å². The standard InChI is InChI=1S/C18H24ClN3O2.ClH/c1-13-11-22(10-8-20-13)18(24)15-3-2-9-21(12-15)17(23)14-4-6-16(19)7-5-14;/h4-7,13,15,20H,2-3,8-12H2,1H3;1H. The molecular weight excluding hydrogens is 361 g/mol. The number of amides is 2. The summed E-state index contributed by atoms with van der Waals surface area (Å²) in [6.07, 6.45) is 1.74. The van der Waals surface area contributed by atoms with Gasteiger partial charge in [-0.3, -0.25) is 9.59 Å². The lowest BCUT2D eigenvalue weighted by Gasteiger charge is -2.38. The molecule has 2 heterocycles. The third-order valence-corrected chi connectivity index (χ3v) is 5.08. The van der Waals surface area contributed by atoms with Gasteiger partial charge in [0, 0.05) is 49.4 Å². The molecule has 0 radical (unpaired) electrons. The maximum atomic E-state index is 12.8. The van der Waals surface area contributed by atoms with Gasteiger partial charge in [-0.1, -0.05) is 11.6 Å². The van der Waals surface area contributed by atoms with Crippen molar-refractivity contribution in [2.45, 2.75) is 25.8 Å². The second-order valence-electron chi connectivity index (χ2n) is 6.74. The van der Waals surface area contributed by atoms with Gasteiger partial charge in [0.25, 0.3) is 5.91 Å². The van der Waals surface area contributed by atoms with E-state index in [-0.39, 0.29) is 30.1 Å². The van der Waals surface area contributed by atoms with Crippen molar-refractivity contribution in [3.63, 3.8) is 0 Å².